The molecule has 4 heteroatoms. The summed E-state index contributed by atoms with van der Waals surface area (Å²) in [6.07, 6.45) is 0.890. The third-order valence-corrected chi connectivity index (χ3v) is 2.71. The van der Waals surface area contributed by atoms with Gasteiger partial charge in [-0.05, 0) is 31.0 Å². The highest BCUT2D eigenvalue weighted by Crippen LogP contribution is 2.27. The van der Waals surface area contributed by atoms with Crippen molar-refractivity contribution in [1.82, 2.24) is 4.98 Å². The van der Waals surface area contributed by atoms with Crippen LogP contribution in [0.4, 0.5) is 5.82 Å². The fraction of sp³-hybridized carbons (Fsp3) is 0.308. The lowest BCUT2D eigenvalue weighted by Gasteiger charge is -2.11. The fourth-order valence-corrected chi connectivity index (χ4v) is 1.88. The van der Waals surface area contributed by atoms with Crippen molar-refractivity contribution in [2.45, 2.75) is 20.3 Å². The van der Waals surface area contributed by atoms with Crippen LogP contribution in [-0.4, -0.2) is 11.6 Å². The first kappa shape index (κ1) is 11.7. The first-order chi connectivity index (χ1) is 8.30. The van der Waals surface area contributed by atoms with Gasteiger partial charge in [0.05, 0.1) is 6.61 Å². The highest BCUT2D eigenvalue weighted by atomic mass is 16.5. The maximum atomic E-state index is 5.56. The molecule has 0 saturated heterocycles. The molecular weight excluding hydrogens is 214 g/mol. The van der Waals surface area contributed by atoms with E-state index in [0.717, 1.165) is 28.6 Å². The van der Waals surface area contributed by atoms with Crippen molar-refractivity contribution in [3.05, 3.63) is 29.8 Å². The number of pyridine rings is 1. The van der Waals surface area contributed by atoms with Gasteiger partial charge in [0.2, 0.25) is 0 Å². The number of nitrogens with two attached hydrogens (primary N) is 1. The lowest BCUT2D eigenvalue weighted by Crippen LogP contribution is -2.11. The largest absolute Gasteiger partial charge is 0.492 e. The lowest BCUT2D eigenvalue weighted by molar-refractivity contribution is 0.343. The van der Waals surface area contributed by atoms with Crippen molar-refractivity contribution in [3.63, 3.8) is 0 Å². The number of aromatic nitrogens is 1. The minimum atomic E-state index is 0.627. The Bertz CT molecular complexity index is 525. The molecule has 1 aromatic carbocycles. The molecule has 0 aliphatic heterocycles. The van der Waals surface area contributed by atoms with Gasteiger partial charge in [-0.2, -0.15) is 0 Å². The zero-order valence-corrected chi connectivity index (χ0v) is 10.2. The van der Waals surface area contributed by atoms with E-state index in [2.05, 4.69) is 23.4 Å². The van der Waals surface area contributed by atoms with Gasteiger partial charge in [-0.1, -0.05) is 19.1 Å². The van der Waals surface area contributed by atoms with Crippen LogP contribution in [0.2, 0.25) is 0 Å². The van der Waals surface area contributed by atoms with Crippen LogP contribution >= 0.6 is 0 Å². The molecule has 0 atom stereocenters. The minimum Gasteiger partial charge on any atom is -0.492 e. The molecule has 17 heavy (non-hydrogen) atoms. The lowest BCUT2D eigenvalue weighted by atomic mass is 10.1. The number of nitrogens with one attached hydrogen (secondary N) is 1. The number of hydrogen-bond donors (Lipinski definition) is 2. The Morgan fingerprint density at radius 2 is 2.18 bits per heavy atom. The Kier molecular flexibility index (Phi) is 3.44. The number of aryl methyl sites for hydroxylation is 1. The number of rotatable bonds is 4. The first-order valence-electron chi connectivity index (χ1n) is 5.82. The van der Waals surface area contributed by atoms with E-state index in [1.165, 1.54) is 0 Å². The molecule has 0 unspecified atom stereocenters. The van der Waals surface area contributed by atoms with E-state index in [4.69, 9.17) is 10.6 Å². The van der Waals surface area contributed by atoms with Gasteiger partial charge in [0.25, 0.3) is 0 Å². The average Bonchev–Trinajstić information content (AvgIpc) is 2.38. The van der Waals surface area contributed by atoms with Crippen LogP contribution < -0.4 is 16.0 Å². The van der Waals surface area contributed by atoms with Crippen molar-refractivity contribution in [2.24, 2.45) is 5.84 Å². The van der Waals surface area contributed by atoms with Crippen molar-refractivity contribution >= 4 is 16.7 Å². The molecule has 0 spiro atoms. The van der Waals surface area contributed by atoms with Crippen LogP contribution in [0.15, 0.2) is 24.3 Å². The molecule has 0 aliphatic rings. The third kappa shape index (κ3) is 2.17. The van der Waals surface area contributed by atoms with E-state index in [9.17, 15) is 0 Å². The quantitative estimate of drug-likeness (QED) is 0.627. The van der Waals surface area contributed by atoms with Crippen molar-refractivity contribution in [2.75, 3.05) is 12.0 Å². The summed E-state index contributed by atoms with van der Waals surface area (Å²) in [5.74, 6) is 7.00. The molecule has 0 aliphatic carbocycles. The summed E-state index contributed by atoms with van der Waals surface area (Å²) in [5, 5.41) is 1.08. The summed E-state index contributed by atoms with van der Waals surface area (Å²) in [6.45, 7) is 4.67. The summed E-state index contributed by atoms with van der Waals surface area (Å²) < 4.78 is 5.56. The maximum Gasteiger partial charge on any atom is 0.145 e. The second-order valence-corrected chi connectivity index (χ2v) is 3.75. The Morgan fingerprint density at radius 3 is 2.82 bits per heavy atom. The zero-order valence-electron chi connectivity index (χ0n) is 10.2. The van der Waals surface area contributed by atoms with Gasteiger partial charge in [0.15, 0.2) is 0 Å². The predicted octanol–water partition coefficient (Wildman–Crippen LogP) is 2.48. The molecule has 1 heterocycles. The first-order valence-corrected chi connectivity index (χ1v) is 5.82. The van der Waals surface area contributed by atoms with E-state index in [1.54, 1.807) is 0 Å². The molecule has 4 nitrogen and oxygen atoms in total. The Morgan fingerprint density at radius 1 is 1.35 bits per heavy atom. The monoisotopic (exact) mass is 231 g/mol. The average molecular weight is 231 g/mol. The number of fused-ring (bicyclic) bond motifs is 1. The number of hydrazine groups is 1. The summed E-state index contributed by atoms with van der Waals surface area (Å²) in [7, 11) is 0. The van der Waals surface area contributed by atoms with E-state index in [1.807, 2.05) is 25.1 Å². The van der Waals surface area contributed by atoms with E-state index in [-0.39, 0.29) is 0 Å². The van der Waals surface area contributed by atoms with E-state index in [0.29, 0.717) is 12.4 Å². The maximum absolute atomic E-state index is 5.56. The second-order valence-electron chi connectivity index (χ2n) is 3.75. The summed E-state index contributed by atoms with van der Waals surface area (Å²) >= 11 is 0. The molecule has 0 saturated carbocycles. The van der Waals surface area contributed by atoms with Gasteiger partial charge in [0.1, 0.15) is 17.1 Å². The van der Waals surface area contributed by atoms with Gasteiger partial charge >= 0.3 is 0 Å². The SMILES string of the molecule is CCOc1cccc2cc(CC)c(NN)nc12. The molecule has 0 amide bonds. The van der Waals surface area contributed by atoms with Crippen LogP contribution in [0.3, 0.4) is 0 Å². The molecule has 2 aromatic rings. The standard InChI is InChI=1S/C13H17N3O/c1-3-9-8-10-6-5-7-11(17-4-2)12(10)15-13(9)16-14/h5-8H,3-4,14H2,1-2H3,(H,15,16). The fourth-order valence-electron chi connectivity index (χ4n) is 1.88. The van der Waals surface area contributed by atoms with E-state index >= 15 is 0 Å². The van der Waals surface area contributed by atoms with Crippen LogP contribution in [0.25, 0.3) is 10.9 Å². The Balaban J connectivity index is 2.64. The molecule has 0 radical (unpaired) electrons. The number of benzene rings is 1. The van der Waals surface area contributed by atoms with E-state index < -0.39 is 0 Å². The number of nitrogen functional groups attached to an aromatic ring is 1. The molecular formula is C13H17N3O. The Hall–Kier alpha value is -1.81. The van der Waals surface area contributed by atoms with Crippen molar-refractivity contribution in [1.29, 1.82) is 0 Å². The normalized spacial score (nSPS) is 10.5. The third-order valence-electron chi connectivity index (χ3n) is 2.71. The van der Waals surface area contributed by atoms with Gasteiger partial charge < -0.3 is 10.2 Å². The van der Waals surface area contributed by atoms with Gasteiger partial charge in [-0.15, -0.1) is 0 Å². The Labute approximate surface area is 101 Å². The number of hydrogen-bond acceptors (Lipinski definition) is 4. The summed E-state index contributed by atoms with van der Waals surface area (Å²) in [4.78, 5) is 4.52. The van der Waals surface area contributed by atoms with Gasteiger partial charge in [0, 0.05) is 5.39 Å². The van der Waals surface area contributed by atoms with Gasteiger partial charge in [-0.3, -0.25) is 0 Å². The summed E-state index contributed by atoms with van der Waals surface area (Å²) in [6, 6.07) is 8.03. The summed E-state index contributed by atoms with van der Waals surface area (Å²) in [5.41, 5.74) is 4.59. The highest BCUT2D eigenvalue weighted by Gasteiger charge is 2.08. The topological polar surface area (TPSA) is 60.2 Å². The van der Waals surface area contributed by atoms with Crippen molar-refractivity contribution in [3.8, 4) is 5.75 Å². The molecule has 2 rings (SSSR count). The van der Waals surface area contributed by atoms with Gasteiger partial charge in [-0.25, -0.2) is 10.8 Å². The molecule has 0 bridgehead atoms. The van der Waals surface area contributed by atoms with Crippen LogP contribution in [0.5, 0.6) is 5.75 Å². The predicted molar refractivity (Wildman–Crippen MR) is 70.1 cm³/mol. The number of para-hydroxylation sites is 1. The number of anilines is 1. The van der Waals surface area contributed by atoms with Crippen LogP contribution in [-0.2, 0) is 6.42 Å². The van der Waals surface area contributed by atoms with Crippen molar-refractivity contribution < 1.29 is 4.74 Å². The highest BCUT2D eigenvalue weighted by molar-refractivity contribution is 5.87. The minimum absolute atomic E-state index is 0.627. The number of nitrogens with zero attached hydrogens (tertiary/aromatic N) is 1. The smallest absolute Gasteiger partial charge is 0.145 e. The molecule has 90 valence electrons. The molecule has 1 aromatic heterocycles. The van der Waals surface area contributed by atoms with Crippen LogP contribution in [0, 0.1) is 0 Å². The van der Waals surface area contributed by atoms with Crippen LogP contribution in [0.1, 0.15) is 19.4 Å². The second kappa shape index (κ2) is 5.01. The molecule has 3 N–H and O–H groups in total. The number of ether oxygens (including phenoxy) is 1. The molecule has 0 fully saturated rings. The zero-order chi connectivity index (χ0) is 12.3.